The number of carbonyl (C=O) groups is 2. The quantitative estimate of drug-likeness (QED) is 0.889. The number of hydrogen-bond donors (Lipinski definition) is 2. The van der Waals surface area contributed by atoms with Crippen molar-refractivity contribution in [2.24, 2.45) is 5.92 Å². The molecular weight excluding hydrogens is 270 g/mol. The normalized spacial score (nSPS) is 26.5. The van der Waals surface area contributed by atoms with Crippen molar-refractivity contribution in [3.63, 3.8) is 0 Å². The second kappa shape index (κ2) is 5.06. The molecule has 0 bridgehead atoms. The lowest BCUT2D eigenvalue weighted by Crippen LogP contribution is -2.48. The van der Waals surface area contributed by atoms with Crippen LogP contribution in [0.4, 0.5) is 0 Å². The van der Waals surface area contributed by atoms with E-state index in [1.807, 2.05) is 26.0 Å². The van der Waals surface area contributed by atoms with Crippen LogP contribution in [0.15, 0.2) is 12.1 Å². The maximum atomic E-state index is 12.3. The van der Waals surface area contributed by atoms with Gasteiger partial charge >= 0.3 is 5.97 Å². The fourth-order valence-corrected chi connectivity index (χ4v) is 2.93. The van der Waals surface area contributed by atoms with Gasteiger partial charge in [0, 0.05) is 11.6 Å². The minimum absolute atomic E-state index is 0.0193. The summed E-state index contributed by atoms with van der Waals surface area (Å²) in [5.74, 6) is -0.655. The molecule has 21 heavy (non-hydrogen) atoms. The van der Waals surface area contributed by atoms with Gasteiger partial charge in [-0.15, -0.1) is 0 Å². The highest BCUT2D eigenvalue weighted by Crippen LogP contribution is 2.37. The second-order valence-corrected chi connectivity index (χ2v) is 6.05. The van der Waals surface area contributed by atoms with Gasteiger partial charge in [0.15, 0.2) is 0 Å². The van der Waals surface area contributed by atoms with Crippen molar-refractivity contribution in [2.45, 2.75) is 38.6 Å². The van der Waals surface area contributed by atoms with Crippen LogP contribution in [0.1, 0.15) is 35.4 Å². The minimum Gasteiger partial charge on any atom is -0.492 e. The summed E-state index contributed by atoms with van der Waals surface area (Å²) in [6.07, 6.45) is 1.04. The van der Waals surface area contributed by atoms with E-state index < -0.39 is 5.97 Å². The summed E-state index contributed by atoms with van der Waals surface area (Å²) in [5, 5.41) is 11.8. The third kappa shape index (κ3) is 2.48. The summed E-state index contributed by atoms with van der Waals surface area (Å²) in [6, 6.07) is 3.97. The van der Waals surface area contributed by atoms with Crippen LogP contribution in [0.5, 0.6) is 5.75 Å². The first-order valence-electron chi connectivity index (χ1n) is 7.23. The van der Waals surface area contributed by atoms with E-state index in [0.29, 0.717) is 19.4 Å². The molecule has 1 saturated carbocycles. The van der Waals surface area contributed by atoms with Crippen molar-refractivity contribution < 1.29 is 19.4 Å². The molecule has 5 nitrogen and oxygen atoms in total. The van der Waals surface area contributed by atoms with Crippen LogP contribution in [0.25, 0.3) is 0 Å². The van der Waals surface area contributed by atoms with Crippen molar-refractivity contribution in [1.82, 2.24) is 5.32 Å². The predicted octanol–water partition coefficient (Wildman–Crippen LogP) is 1.76. The van der Waals surface area contributed by atoms with Crippen molar-refractivity contribution >= 4 is 11.9 Å². The summed E-state index contributed by atoms with van der Waals surface area (Å²) < 4.78 is 5.61. The molecule has 0 saturated heterocycles. The lowest BCUT2D eigenvalue weighted by molar-refractivity contribution is -0.146. The molecule has 1 heterocycles. The Kier molecular flexibility index (Phi) is 3.35. The van der Waals surface area contributed by atoms with Gasteiger partial charge < -0.3 is 15.2 Å². The van der Waals surface area contributed by atoms with Crippen LogP contribution in [0.3, 0.4) is 0 Å². The maximum absolute atomic E-state index is 12.3. The fraction of sp³-hybridized carbons (Fsp3) is 0.500. The van der Waals surface area contributed by atoms with Gasteiger partial charge in [0.25, 0.3) is 0 Å². The predicted molar refractivity (Wildman–Crippen MR) is 76.4 cm³/mol. The fourth-order valence-electron chi connectivity index (χ4n) is 2.93. The average Bonchev–Trinajstić information content (AvgIpc) is 2.76. The van der Waals surface area contributed by atoms with E-state index in [1.54, 1.807) is 0 Å². The summed E-state index contributed by atoms with van der Waals surface area (Å²) in [6.45, 7) is 4.40. The molecule has 1 atom stereocenters. The van der Waals surface area contributed by atoms with E-state index in [4.69, 9.17) is 9.84 Å². The Balaban J connectivity index is 1.66. The Morgan fingerprint density at radius 2 is 1.90 bits per heavy atom. The first-order valence-corrected chi connectivity index (χ1v) is 7.23. The van der Waals surface area contributed by atoms with E-state index in [0.717, 1.165) is 22.4 Å². The molecule has 1 unspecified atom stereocenters. The number of carbonyl (C=O) groups excluding carboxylic acids is 1. The Hall–Kier alpha value is -2.04. The maximum Gasteiger partial charge on any atom is 0.306 e. The van der Waals surface area contributed by atoms with Crippen LogP contribution in [0.2, 0.25) is 0 Å². The van der Waals surface area contributed by atoms with Crippen LogP contribution >= 0.6 is 0 Å². The highest BCUT2D eigenvalue weighted by molar-refractivity contribution is 5.86. The number of aliphatic carboxylic acids is 1. The first kappa shape index (κ1) is 13.9. The van der Waals surface area contributed by atoms with Gasteiger partial charge in [-0.1, -0.05) is 6.07 Å². The first-order chi connectivity index (χ1) is 9.95. The highest BCUT2D eigenvalue weighted by Gasteiger charge is 2.38. The van der Waals surface area contributed by atoms with E-state index in [9.17, 15) is 9.59 Å². The number of fused-ring (bicyclic) bond motifs is 1. The summed E-state index contributed by atoms with van der Waals surface area (Å²) in [4.78, 5) is 23.1. The summed E-state index contributed by atoms with van der Waals surface area (Å²) in [7, 11) is 0. The molecule has 2 aliphatic rings. The lowest BCUT2D eigenvalue weighted by Gasteiger charge is -2.33. The van der Waals surface area contributed by atoms with Gasteiger partial charge in [-0.25, -0.2) is 0 Å². The number of carboxylic acid groups (broad SMARTS) is 1. The Labute approximate surface area is 123 Å². The largest absolute Gasteiger partial charge is 0.492 e. The molecule has 0 radical (unpaired) electrons. The molecule has 1 aliphatic carbocycles. The SMILES string of the molecule is Cc1cc2c(cc1C)C(C(=O)NC1CC(C(=O)O)C1)CO2. The third-order valence-corrected chi connectivity index (χ3v) is 4.56. The number of benzene rings is 1. The van der Waals surface area contributed by atoms with Gasteiger partial charge in [-0.3, -0.25) is 9.59 Å². The number of hydrogen-bond acceptors (Lipinski definition) is 3. The number of nitrogens with one attached hydrogen (secondary N) is 1. The molecule has 0 aromatic heterocycles. The average molecular weight is 289 g/mol. The van der Waals surface area contributed by atoms with Crippen molar-refractivity contribution in [1.29, 1.82) is 0 Å². The van der Waals surface area contributed by atoms with Gasteiger partial charge in [-0.05, 0) is 43.9 Å². The zero-order valence-corrected chi connectivity index (χ0v) is 12.2. The van der Waals surface area contributed by atoms with Crippen LogP contribution in [-0.2, 0) is 9.59 Å². The summed E-state index contributed by atoms with van der Waals surface area (Å²) in [5.41, 5.74) is 3.23. The Morgan fingerprint density at radius 3 is 2.57 bits per heavy atom. The monoisotopic (exact) mass is 289 g/mol. The van der Waals surface area contributed by atoms with Gasteiger partial charge in [0.2, 0.25) is 5.91 Å². The zero-order chi connectivity index (χ0) is 15.1. The molecular formula is C16H19NO4. The topological polar surface area (TPSA) is 75.6 Å². The Morgan fingerprint density at radius 1 is 1.24 bits per heavy atom. The molecule has 1 aliphatic heterocycles. The van der Waals surface area contributed by atoms with Gasteiger partial charge in [0.05, 0.1) is 5.92 Å². The smallest absolute Gasteiger partial charge is 0.306 e. The highest BCUT2D eigenvalue weighted by atomic mass is 16.5. The van der Waals surface area contributed by atoms with Crippen LogP contribution in [-0.4, -0.2) is 29.6 Å². The molecule has 0 spiro atoms. The van der Waals surface area contributed by atoms with Crippen LogP contribution in [0, 0.1) is 19.8 Å². The van der Waals surface area contributed by atoms with E-state index in [2.05, 4.69) is 5.32 Å². The molecule has 2 N–H and O–H groups in total. The van der Waals surface area contributed by atoms with E-state index in [-0.39, 0.29) is 23.8 Å². The van der Waals surface area contributed by atoms with Crippen molar-refractivity contribution in [2.75, 3.05) is 6.61 Å². The second-order valence-electron chi connectivity index (χ2n) is 6.05. The number of carboxylic acids is 1. The molecule has 112 valence electrons. The van der Waals surface area contributed by atoms with Gasteiger partial charge in [0.1, 0.15) is 18.3 Å². The Bertz CT molecular complexity index is 605. The molecule has 1 amide bonds. The lowest BCUT2D eigenvalue weighted by atomic mass is 9.80. The van der Waals surface area contributed by atoms with Gasteiger partial charge in [-0.2, -0.15) is 0 Å². The molecule has 1 aromatic rings. The third-order valence-electron chi connectivity index (χ3n) is 4.56. The van der Waals surface area contributed by atoms with Crippen LogP contribution < -0.4 is 10.1 Å². The number of amides is 1. The van der Waals surface area contributed by atoms with Crippen molar-refractivity contribution in [3.8, 4) is 5.75 Å². The number of aryl methyl sites for hydroxylation is 2. The zero-order valence-electron chi connectivity index (χ0n) is 12.2. The van der Waals surface area contributed by atoms with E-state index in [1.165, 1.54) is 0 Å². The molecule has 1 aromatic carbocycles. The van der Waals surface area contributed by atoms with E-state index >= 15 is 0 Å². The molecule has 1 fully saturated rings. The number of ether oxygens (including phenoxy) is 1. The minimum atomic E-state index is -0.777. The molecule has 3 rings (SSSR count). The van der Waals surface area contributed by atoms with Crippen molar-refractivity contribution in [3.05, 3.63) is 28.8 Å². The molecule has 5 heteroatoms. The number of rotatable bonds is 3. The standard InChI is InChI=1S/C16H19NO4/c1-8-3-12-13(7-21-14(12)4-9(8)2)15(18)17-11-5-10(6-11)16(19)20/h3-4,10-11,13H,5-7H2,1-2H3,(H,17,18)(H,19,20). The summed E-state index contributed by atoms with van der Waals surface area (Å²) >= 11 is 0.